The Balaban J connectivity index is 1.32. The number of aliphatic hydroxyl groups is 1. The van der Waals surface area contributed by atoms with Crippen LogP contribution in [0.15, 0.2) is 0 Å². The second kappa shape index (κ2) is 15.1. The molecule has 4 aliphatic carbocycles. The predicted octanol–water partition coefficient (Wildman–Crippen LogP) is 5.55. The molecule has 4 saturated carbocycles. The van der Waals surface area contributed by atoms with E-state index in [0.29, 0.717) is 53.4 Å². The third-order valence-electron chi connectivity index (χ3n) is 13.1. The Labute approximate surface area is 263 Å². The van der Waals surface area contributed by atoms with Gasteiger partial charge in [-0.25, -0.2) is 4.18 Å². The zero-order chi connectivity index (χ0) is 31.4. The molecule has 252 valence electrons. The van der Waals surface area contributed by atoms with Crippen molar-refractivity contribution in [2.75, 3.05) is 26.2 Å². The van der Waals surface area contributed by atoms with Crippen molar-refractivity contribution in [2.24, 2.45) is 58.0 Å². The van der Waals surface area contributed by atoms with Gasteiger partial charge in [-0.05, 0) is 162 Å². The minimum atomic E-state index is -4.45. The summed E-state index contributed by atoms with van der Waals surface area (Å²) in [5.41, 5.74) is 6.13. The van der Waals surface area contributed by atoms with Crippen molar-refractivity contribution < 1.29 is 22.3 Å². The maximum Gasteiger partial charge on any atom is 0.397 e. The van der Waals surface area contributed by atoms with Gasteiger partial charge in [0.15, 0.2) is 0 Å². The van der Waals surface area contributed by atoms with Crippen molar-refractivity contribution in [1.82, 2.24) is 10.6 Å². The largest absolute Gasteiger partial charge is 0.397 e. The van der Waals surface area contributed by atoms with Gasteiger partial charge in [-0.3, -0.25) is 4.55 Å². The van der Waals surface area contributed by atoms with Crippen LogP contribution in [0, 0.1) is 52.3 Å². The van der Waals surface area contributed by atoms with Crippen molar-refractivity contribution in [1.29, 1.82) is 0 Å². The number of aliphatic hydroxyl groups excluding tert-OH is 1. The molecule has 0 spiro atoms. The standard InChI is InChI=1S/C34H65N3O5S/c1-23(2)31(42-43(39,40)41)12-9-24(3)27-10-11-28-32-29(14-16-34(27,28)5)33(4)15-13-26(21-25(33)22-30(32)38)37-20-8-19-36-18-7-6-17-35/h23-32,36-38H,6-22,35H2,1-5H3,(H,39,40,41)/t24-,25-,26+,27-,28+,29+,30?,31?,32+,33+,34-/m1/s1. The van der Waals surface area contributed by atoms with E-state index in [2.05, 4.69) is 31.4 Å². The highest BCUT2D eigenvalue weighted by Crippen LogP contribution is 2.68. The first-order chi connectivity index (χ1) is 20.3. The third kappa shape index (κ3) is 8.36. The molecule has 0 aliphatic heterocycles. The summed E-state index contributed by atoms with van der Waals surface area (Å²) in [5.74, 6) is 3.21. The number of nitrogens with one attached hydrogen (secondary N) is 2. The van der Waals surface area contributed by atoms with Crippen molar-refractivity contribution in [3.63, 3.8) is 0 Å². The summed E-state index contributed by atoms with van der Waals surface area (Å²) in [6, 6.07) is 0.573. The van der Waals surface area contributed by atoms with Crippen LogP contribution >= 0.6 is 0 Å². The van der Waals surface area contributed by atoms with E-state index in [0.717, 1.165) is 58.3 Å². The summed E-state index contributed by atoms with van der Waals surface area (Å²) in [7, 11) is -4.45. The van der Waals surface area contributed by atoms with Gasteiger partial charge in [-0.15, -0.1) is 0 Å². The second-order valence-corrected chi connectivity index (χ2v) is 17.0. The molecule has 6 N–H and O–H groups in total. The Bertz CT molecular complexity index is 981. The van der Waals surface area contributed by atoms with Crippen molar-refractivity contribution in [3.05, 3.63) is 0 Å². The van der Waals surface area contributed by atoms with Gasteiger partial charge in [0.05, 0.1) is 12.2 Å². The van der Waals surface area contributed by atoms with Crippen molar-refractivity contribution >= 4 is 10.4 Å². The van der Waals surface area contributed by atoms with Crippen LogP contribution in [0.5, 0.6) is 0 Å². The Morgan fingerprint density at radius 1 is 0.907 bits per heavy atom. The van der Waals surface area contributed by atoms with Crippen LogP contribution in [0.3, 0.4) is 0 Å². The van der Waals surface area contributed by atoms with Crippen LogP contribution in [0.4, 0.5) is 0 Å². The zero-order valence-corrected chi connectivity index (χ0v) is 28.7. The topological polar surface area (TPSA) is 134 Å². The van der Waals surface area contributed by atoms with Gasteiger partial charge >= 0.3 is 10.4 Å². The van der Waals surface area contributed by atoms with E-state index >= 15 is 0 Å². The number of unbranched alkanes of at least 4 members (excludes halogenated alkanes) is 1. The van der Waals surface area contributed by atoms with Crippen LogP contribution < -0.4 is 16.4 Å². The van der Waals surface area contributed by atoms with E-state index in [1.54, 1.807) is 0 Å². The number of hydrogen-bond acceptors (Lipinski definition) is 7. The van der Waals surface area contributed by atoms with Crippen LogP contribution in [0.1, 0.15) is 118 Å². The lowest BCUT2D eigenvalue weighted by atomic mass is 9.43. The third-order valence-corrected chi connectivity index (χ3v) is 13.6. The lowest BCUT2D eigenvalue weighted by Crippen LogP contribution is -2.59. The van der Waals surface area contributed by atoms with Gasteiger partial charge < -0.3 is 21.5 Å². The molecule has 11 atom stereocenters. The second-order valence-electron chi connectivity index (χ2n) is 15.9. The van der Waals surface area contributed by atoms with Gasteiger partial charge in [-0.1, -0.05) is 34.6 Å². The fourth-order valence-electron chi connectivity index (χ4n) is 10.7. The van der Waals surface area contributed by atoms with Gasteiger partial charge in [0, 0.05) is 6.04 Å². The fourth-order valence-corrected chi connectivity index (χ4v) is 11.3. The first-order valence-electron chi connectivity index (χ1n) is 17.8. The number of nitrogens with two attached hydrogens (primary N) is 1. The molecule has 4 fully saturated rings. The van der Waals surface area contributed by atoms with E-state index in [-0.39, 0.29) is 17.4 Å². The molecule has 0 bridgehead atoms. The van der Waals surface area contributed by atoms with Gasteiger partial charge in [0.25, 0.3) is 0 Å². The van der Waals surface area contributed by atoms with E-state index in [1.165, 1.54) is 44.9 Å². The first-order valence-corrected chi connectivity index (χ1v) is 19.1. The van der Waals surface area contributed by atoms with Crippen LogP contribution in [-0.2, 0) is 14.6 Å². The first kappa shape index (κ1) is 35.6. The van der Waals surface area contributed by atoms with Crippen LogP contribution in [-0.4, -0.2) is 62.5 Å². The lowest BCUT2D eigenvalue weighted by Gasteiger charge is -2.62. The molecule has 8 nitrogen and oxygen atoms in total. The average molecular weight is 628 g/mol. The molecule has 0 aromatic heterocycles. The molecule has 2 unspecified atom stereocenters. The quantitative estimate of drug-likeness (QED) is 0.111. The summed E-state index contributed by atoms with van der Waals surface area (Å²) in [6.45, 7) is 15.3. The monoisotopic (exact) mass is 627 g/mol. The fraction of sp³-hybridized carbons (Fsp3) is 1.00. The molecule has 0 radical (unpaired) electrons. The summed E-state index contributed by atoms with van der Waals surface area (Å²) < 4.78 is 37.1. The maximum absolute atomic E-state index is 11.8. The summed E-state index contributed by atoms with van der Waals surface area (Å²) in [4.78, 5) is 0. The average Bonchev–Trinajstić information content (AvgIpc) is 3.29. The molecule has 0 heterocycles. The number of hydrogen-bond donors (Lipinski definition) is 5. The van der Waals surface area contributed by atoms with E-state index in [4.69, 9.17) is 9.92 Å². The minimum Gasteiger partial charge on any atom is -0.393 e. The Morgan fingerprint density at radius 3 is 2.30 bits per heavy atom. The summed E-state index contributed by atoms with van der Waals surface area (Å²) in [5, 5.41) is 19.2. The molecule has 0 aromatic carbocycles. The molecular formula is C34H65N3O5S. The highest BCUT2D eigenvalue weighted by Gasteiger charge is 2.62. The Kier molecular flexibility index (Phi) is 12.5. The van der Waals surface area contributed by atoms with Crippen LogP contribution in [0.25, 0.3) is 0 Å². The predicted molar refractivity (Wildman–Crippen MR) is 174 cm³/mol. The molecule has 0 aromatic rings. The Hall–Kier alpha value is -0.290. The van der Waals surface area contributed by atoms with Crippen molar-refractivity contribution in [2.45, 2.75) is 136 Å². The highest BCUT2D eigenvalue weighted by molar-refractivity contribution is 7.80. The van der Waals surface area contributed by atoms with E-state index in [1.807, 2.05) is 13.8 Å². The van der Waals surface area contributed by atoms with Gasteiger partial charge in [0.1, 0.15) is 0 Å². The van der Waals surface area contributed by atoms with Gasteiger partial charge in [-0.2, -0.15) is 8.42 Å². The van der Waals surface area contributed by atoms with Crippen LogP contribution in [0.2, 0.25) is 0 Å². The zero-order valence-electron chi connectivity index (χ0n) is 27.9. The van der Waals surface area contributed by atoms with Crippen molar-refractivity contribution in [3.8, 4) is 0 Å². The molecule has 0 amide bonds. The minimum absolute atomic E-state index is 0.0152. The SMILES string of the molecule is CC(C)C(CC[C@@H](C)[C@H]1CC[C@H]2[C@@H]3C(O)C[C@H]4C[C@@H](NCCCNCCCCN)CC[C@]4(C)[C@H]3CC[C@]12C)OS(=O)(=O)O. The Morgan fingerprint density at radius 2 is 1.60 bits per heavy atom. The molecule has 4 rings (SSSR count). The number of rotatable bonds is 16. The van der Waals surface area contributed by atoms with E-state index < -0.39 is 16.5 Å². The summed E-state index contributed by atoms with van der Waals surface area (Å²) >= 11 is 0. The maximum atomic E-state index is 11.8. The highest BCUT2D eigenvalue weighted by atomic mass is 32.3. The summed E-state index contributed by atoms with van der Waals surface area (Å²) in [6.07, 6.45) is 13.7. The molecule has 9 heteroatoms. The van der Waals surface area contributed by atoms with E-state index in [9.17, 15) is 18.1 Å². The lowest BCUT2D eigenvalue weighted by molar-refractivity contribution is -0.167. The molecule has 0 saturated heterocycles. The number of fused-ring (bicyclic) bond motifs is 5. The van der Waals surface area contributed by atoms with Gasteiger partial charge in [0.2, 0.25) is 0 Å². The molecule has 4 aliphatic rings. The normalized spacial score (nSPS) is 39.2. The molecular weight excluding hydrogens is 562 g/mol. The smallest absolute Gasteiger partial charge is 0.393 e. The molecule has 43 heavy (non-hydrogen) atoms.